The van der Waals surface area contributed by atoms with Crippen LogP contribution in [-0.4, -0.2) is 27.5 Å². The molecule has 0 fully saturated rings. The van der Waals surface area contributed by atoms with Crippen molar-refractivity contribution in [2.24, 2.45) is 0 Å². The van der Waals surface area contributed by atoms with Crippen LogP contribution in [0.3, 0.4) is 0 Å². The lowest BCUT2D eigenvalue weighted by molar-refractivity contribution is 0.573. The minimum atomic E-state index is 0.268. The molecule has 1 heterocycles. The van der Waals surface area contributed by atoms with E-state index in [9.17, 15) is 0 Å². The van der Waals surface area contributed by atoms with Gasteiger partial charge in [-0.25, -0.2) is 9.97 Å². The lowest BCUT2D eigenvalue weighted by Gasteiger charge is -2.30. The first-order chi connectivity index (χ1) is 8.06. The molecule has 3 nitrogen and oxygen atoms in total. The lowest BCUT2D eigenvalue weighted by atomic mass is 10.0. The summed E-state index contributed by atoms with van der Waals surface area (Å²) in [5.41, 5.74) is 1.02. The maximum absolute atomic E-state index is 5.80. The molecule has 0 bridgehead atoms. The van der Waals surface area contributed by atoms with E-state index in [1.165, 1.54) is 0 Å². The van der Waals surface area contributed by atoms with Crippen LogP contribution in [0.2, 0.25) is 5.28 Å². The Labute approximate surface area is 113 Å². The Bertz CT molecular complexity index is 359. The third-order valence-electron chi connectivity index (χ3n) is 3.24. The van der Waals surface area contributed by atoms with Crippen molar-refractivity contribution in [1.29, 1.82) is 0 Å². The van der Waals surface area contributed by atoms with Crippen LogP contribution in [0.5, 0.6) is 0 Å². The van der Waals surface area contributed by atoms with Crippen LogP contribution in [0.15, 0.2) is 6.20 Å². The fourth-order valence-corrected chi connectivity index (χ4v) is 2.63. The van der Waals surface area contributed by atoms with Gasteiger partial charge in [0.05, 0.1) is 0 Å². The Balaban J connectivity index is 2.75. The van der Waals surface area contributed by atoms with E-state index in [2.05, 4.69) is 35.4 Å². The van der Waals surface area contributed by atoms with Gasteiger partial charge >= 0.3 is 0 Å². The second-order valence-corrected chi connectivity index (χ2v) is 5.73. The van der Waals surface area contributed by atoms with Crippen LogP contribution in [-0.2, 0) is 0 Å². The SMILES string of the molecule is CCC(CC)(CNc1nc(Cl)ncc1C)SC. The molecule has 1 N–H and O–H groups in total. The quantitative estimate of drug-likeness (QED) is 0.801. The summed E-state index contributed by atoms with van der Waals surface area (Å²) in [5.74, 6) is 0.838. The first-order valence-corrected chi connectivity index (χ1v) is 7.45. The second-order valence-electron chi connectivity index (χ2n) is 4.12. The summed E-state index contributed by atoms with van der Waals surface area (Å²) in [6.45, 7) is 7.33. The average molecular weight is 274 g/mol. The highest BCUT2D eigenvalue weighted by Crippen LogP contribution is 2.30. The molecular formula is C12H20ClN3S. The van der Waals surface area contributed by atoms with E-state index in [4.69, 9.17) is 11.6 Å². The third kappa shape index (κ3) is 3.75. The first kappa shape index (κ1) is 14.6. The van der Waals surface area contributed by atoms with Gasteiger partial charge in [-0.1, -0.05) is 13.8 Å². The molecule has 0 aliphatic rings. The number of hydrogen-bond donors (Lipinski definition) is 1. The van der Waals surface area contributed by atoms with Crippen LogP contribution >= 0.6 is 23.4 Å². The Hall–Kier alpha value is -0.480. The summed E-state index contributed by atoms with van der Waals surface area (Å²) < 4.78 is 0.268. The van der Waals surface area contributed by atoms with Crippen LogP contribution < -0.4 is 5.32 Å². The van der Waals surface area contributed by atoms with Crippen LogP contribution in [0, 0.1) is 6.92 Å². The summed E-state index contributed by atoms with van der Waals surface area (Å²) in [7, 11) is 0. The maximum atomic E-state index is 5.80. The molecule has 0 radical (unpaired) electrons. The van der Waals surface area contributed by atoms with E-state index in [0.717, 1.165) is 30.8 Å². The van der Waals surface area contributed by atoms with E-state index in [-0.39, 0.29) is 4.75 Å². The minimum Gasteiger partial charge on any atom is -0.368 e. The highest BCUT2D eigenvalue weighted by molar-refractivity contribution is 8.00. The van der Waals surface area contributed by atoms with Crippen molar-refractivity contribution < 1.29 is 0 Å². The van der Waals surface area contributed by atoms with Crippen molar-refractivity contribution in [1.82, 2.24) is 9.97 Å². The molecule has 1 aromatic heterocycles. The number of aromatic nitrogens is 2. The highest BCUT2D eigenvalue weighted by Gasteiger charge is 2.24. The standard InChI is InChI=1S/C12H20ClN3S/c1-5-12(6-2,17-4)8-15-10-9(3)7-14-11(13)16-10/h7H,5-6,8H2,1-4H3,(H,14,15,16). The summed E-state index contributed by atoms with van der Waals surface area (Å²) >= 11 is 7.71. The lowest BCUT2D eigenvalue weighted by Crippen LogP contribution is -2.32. The zero-order chi connectivity index (χ0) is 12.9. The molecule has 96 valence electrons. The van der Waals surface area contributed by atoms with E-state index < -0.39 is 0 Å². The van der Waals surface area contributed by atoms with Gasteiger partial charge in [0.25, 0.3) is 0 Å². The van der Waals surface area contributed by atoms with Gasteiger partial charge in [-0.3, -0.25) is 0 Å². The molecule has 0 atom stereocenters. The molecule has 0 saturated carbocycles. The molecule has 1 aromatic rings. The van der Waals surface area contributed by atoms with E-state index in [0.29, 0.717) is 5.28 Å². The summed E-state index contributed by atoms with van der Waals surface area (Å²) in [6.07, 6.45) is 6.18. The summed E-state index contributed by atoms with van der Waals surface area (Å²) in [4.78, 5) is 8.17. The average Bonchev–Trinajstić information content (AvgIpc) is 2.35. The number of aryl methyl sites for hydroxylation is 1. The normalized spacial score (nSPS) is 11.6. The zero-order valence-corrected chi connectivity index (χ0v) is 12.5. The Morgan fingerprint density at radius 3 is 2.59 bits per heavy atom. The number of rotatable bonds is 6. The topological polar surface area (TPSA) is 37.8 Å². The molecule has 17 heavy (non-hydrogen) atoms. The van der Waals surface area contributed by atoms with Gasteiger partial charge in [0.2, 0.25) is 5.28 Å². The minimum absolute atomic E-state index is 0.268. The van der Waals surface area contributed by atoms with Crippen molar-refractivity contribution in [2.45, 2.75) is 38.4 Å². The predicted octanol–water partition coefficient (Wildman–Crippen LogP) is 3.77. The molecule has 0 spiro atoms. The number of nitrogens with zero attached hydrogens (tertiary/aromatic N) is 2. The molecule has 0 aliphatic heterocycles. The molecule has 0 saturated heterocycles. The van der Waals surface area contributed by atoms with E-state index in [1.807, 2.05) is 18.7 Å². The first-order valence-electron chi connectivity index (χ1n) is 5.85. The second kappa shape index (κ2) is 6.45. The molecule has 0 amide bonds. The summed E-state index contributed by atoms with van der Waals surface area (Å²) in [6, 6.07) is 0. The number of halogens is 1. The van der Waals surface area contributed by atoms with Crippen molar-refractivity contribution in [3.63, 3.8) is 0 Å². The van der Waals surface area contributed by atoms with Crippen molar-refractivity contribution in [3.05, 3.63) is 17.0 Å². The van der Waals surface area contributed by atoms with Crippen LogP contribution in [0.25, 0.3) is 0 Å². The van der Waals surface area contributed by atoms with Gasteiger partial charge in [0, 0.05) is 23.1 Å². The Morgan fingerprint density at radius 1 is 1.41 bits per heavy atom. The van der Waals surface area contributed by atoms with Gasteiger partial charge in [-0.2, -0.15) is 11.8 Å². The predicted molar refractivity (Wildman–Crippen MR) is 77.1 cm³/mol. The largest absolute Gasteiger partial charge is 0.368 e. The fraction of sp³-hybridized carbons (Fsp3) is 0.667. The van der Waals surface area contributed by atoms with Gasteiger partial charge in [-0.15, -0.1) is 0 Å². The van der Waals surface area contributed by atoms with Crippen molar-refractivity contribution in [2.75, 3.05) is 18.1 Å². The van der Waals surface area contributed by atoms with E-state index in [1.54, 1.807) is 6.20 Å². The van der Waals surface area contributed by atoms with Crippen molar-refractivity contribution in [3.8, 4) is 0 Å². The van der Waals surface area contributed by atoms with Crippen molar-refractivity contribution >= 4 is 29.2 Å². The molecular weight excluding hydrogens is 254 g/mol. The van der Waals surface area contributed by atoms with E-state index >= 15 is 0 Å². The number of hydrogen-bond acceptors (Lipinski definition) is 4. The number of thioether (sulfide) groups is 1. The summed E-state index contributed by atoms with van der Waals surface area (Å²) in [5, 5.41) is 3.68. The molecule has 0 aromatic carbocycles. The number of anilines is 1. The zero-order valence-electron chi connectivity index (χ0n) is 10.9. The number of nitrogens with one attached hydrogen (secondary N) is 1. The molecule has 5 heteroatoms. The fourth-order valence-electron chi connectivity index (χ4n) is 1.71. The van der Waals surface area contributed by atoms with Crippen LogP contribution in [0.4, 0.5) is 5.82 Å². The van der Waals surface area contributed by atoms with Gasteiger partial charge < -0.3 is 5.32 Å². The van der Waals surface area contributed by atoms with Gasteiger partial charge in [-0.05, 0) is 37.6 Å². The highest BCUT2D eigenvalue weighted by atomic mass is 35.5. The van der Waals surface area contributed by atoms with Gasteiger partial charge in [0.1, 0.15) is 5.82 Å². The van der Waals surface area contributed by atoms with Gasteiger partial charge in [0.15, 0.2) is 0 Å². The molecule has 0 aliphatic carbocycles. The smallest absolute Gasteiger partial charge is 0.224 e. The molecule has 1 rings (SSSR count). The van der Waals surface area contributed by atoms with Crippen LogP contribution in [0.1, 0.15) is 32.3 Å². The Morgan fingerprint density at radius 2 is 2.06 bits per heavy atom. The Kier molecular flexibility index (Phi) is 5.53. The maximum Gasteiger partial charge on any atom is 0.224 e. The third-order valence-corrected chi connectivity index (χ3v) is 5.01. The monoisotopic (exact) mass is 273 g/mol. The molecule has 0 unspecified atom stereocenters.